The van der Waals surface area contributed by atoms with Gasteiger partial charge in [0.15, 0.2) is 0 Å². The third kappa shape index (κ3) is 3.35. The van der Waals surface area contributed by atoms with E-state index in [9.17, 15) is 0 Å². The molecule has 2 nitrogen and oxygen atoms in total. The predicted octanol–water partition coefficient (Wildman–Crippen LogP) is 4.61. The molecule has 0 fully saturated rings. The fourth-order valence-electron chi connectivity index (χ4n) is 2.00. The molecule has 0 unspecified atom stereocenters. The smallest absolute Gasteiger partial charge is 0.103 e. The van der Waals surface area contributed by atoms with Crippen LogP contribution >= 0.6 is 0 Å². The zero-order chi connectivity index (χ0) is 14.5. The Morgan fingerprint density at radius 3 is 2.40 bits per heavy atom. The summed E-state index contributed by atoms with van der Waals surface area (Å²) in [6.07, 6.45) is 0. The van der Waals surface area contributed by atoms with E-state index in [4.69, 9.17) is 0 Å². The fraction of sp³-hybridized carbons (Fsp3) is 0.167. The minimum absolute atomic E-state index is 0.840. The number of amidine groups is 1. The van der Waals surface area contributed by atoms with Crippen molar-refractivity contribution in [1.29, 1.82) is 0 Å². The summed E-state index contributed by atoms with van der Waals surface area (Å²) in [4.78, 5) is 4.63. The van der Waals surface area contributed by atoms with Crippen molar-refractivity contribution < 1.29 is 0 Å². The molecule has 2 heteroatoms. The molecule has 0 aliphatic rings. The highest BCUT2D eigenvalue weighted by atomic mass is 15.0. The van der Waals surface area contributed by atoms with Crippen molar-refractivity contribution in [2.45, 2.75) is 20.8 Å². The minimum Gasteiger partial charge on any atom is -0.344 e. The molecule has 0 bridgehead atoms. The highest BCUT2D eigenvalue weighted by Gasteiger charge is 2.02. The molecule has 0 saturated heterocycles. The maximum Gasteiger partial charge on any atom is 0.103 e. The van der Waals surface area contributed by atoms with Crippen LogP contribution in [0.3, 0.4) is 0 Å². The zero-order valence-electron chi connectivity index (χ0n) is 12.3. The lowest BCUT2D eigenvalue weighted by molar-refractivity contribution is 1.23. The molecule has 0 spiro atoms. The standard InChI is InChI=1S/C18H20N2/c1-13-9-8-12-18(14(13)2)20-16(4)19-15(3)17-10-6-5-7-11-17/h5-12H,3H2,1-2,4H3,(H,19,20). The Balaban J connectivity index is 2.16. The lowest BCUT2D eigenvalue weighted by Gasteiger charge is -2.10. The molecule has 102 valence electrons. The first-order valence-corrected chi connectivity index (χ1v) is 6.71. The average Bonchev–Trinajstić information content (AvgIpc) is 2.45. The molecule has 0 saturated carbocycles. The van der Waals surface area contributed by atoms with Gasteiger partial charge in [-0.1, -0.05) is 49.0 Å². The highest BCUT2D eigenvalue weighted by Crippen LogP contribution is 2.21. The summed E-state index contributed by atoms with van der Waals surface area (Å²) in [7, 11) is 0. The molecule has 0 aliphatic carbocycles. The number of hydrogen-bond donors (Lipinski definition) is 1. The lowest BCUT2D eigenvalue weighted by atomic mass is 10.1. The summed E-state index contributed by atoms with van der Waals surface area (Å²) >= 11 is 0. The van der Waals surface area contributed by atoms with Crippen LogP contribution in [0.4, 0.5) is 5.69 Å². The van der Waals surface area contributed by atoms with Crippen LogP contribution in [-0.4, -0.2) is 5.84 Å². The summed E-state index contributed by atoms with van der Waals surface area (Å²) in [5.41, 5.74) is 5.39. The van der Waals surface area contributed by atoms with Gasteiger partial charge in [-0.3, -0.25) is 0 Å². The van der Waals surface area contributed by atoms with Gasteiger partial charge in [0.2, 0.25) is 0 Å². The molecular formula is C18H20N2. The zero-order valence-corrected chi connectivity index (χ0v) is 12.3. The van der Waals surface area contributed by atoms with Crippen molar-refractivity contribution in [3.63, 3.8) is 0 Å². The van der Waals surface area contributed by atoms with Crippen molar-refractivity contribution in [3.8, 4) is 0 Å². The molecule has 0 aliphatic heterocycles. The fourth-order valence-corrected chi connectivity index (χ4v) is 2.00. The van der Waals surface area contributed by atoms with Crippen LogP contribution < -0.4 is 5.32 Å². The molecule has 20 heavy (non-hydrogen) atoms. The number of aryl methyl sites for hydroxylation is 1. The van der Waals surface area contributed by atoms with Crippen molar-refractivity contribution in [2.24, 2.45) is 4.99 Å². The summed E-state index contributed by atoms with van der Waals surface area (Å²) < 4.78 is 0. The maximum absolute atomic E-state index is 4.63. The van der Waals surface area contributed by atoms with Gasteiger partial charge in [-0.2, -0.15) is 0 Å². The molecule has 0 atom stereocenters. The second-order valence-corrected chi connectivity index (χ2v) is 4.89. The predicted molar refractivity (Wildman–Crippen MR) is 87.3 cm³/mol. The van der Waals surface area contributed by atoms with Crippen molar-refractivity contribution >= 4 is 17.2 Å². The number of hydrogen-bond acceptors (Lipinski definition) is 1. The molecule has 0 heterocycles. The quantitative estimate of drug-likeness (QED) is 0.635. The third-order valence-corrected chi connectivity index (χ3v) is 3.32. The summed E-state index contributed by atoms with van der Waals surface area (Å²) in [5, 5.41) is 3.25. The first-order chi connectivity index (χ1) is 9.58. The van der Waals surface area contributed by atoms with Gasteiger partial charge in [0, 0.05) is 5.70 Å². The Kier molecular flexibility index (Phi) is 4.36. The van der Waals surface area contributed by atoms with Crippen molar-refractivity contribution in [3.05, 3.63) is 71.8 Å². The minimum atomic E-state index is 0.840. The van der Waals surface area contributed by atoms with Gasteiger partial charge in [-0.25, -0.2) is 4.99 Å². The molecule has 2 rings (SSSR count). The van der Waals surface area contributed by atoms with E-state index in [0.717, 1.165) is 22.8 Å². The SMILES string of the molecule is C=C(N/C(C)=N/c1cccc(C)c1C)c1ccccc1. The summed E-state index contributed by atoms with van der Waals surface area (Å²) in [6, 6.07) is 16.2. The summed E-state index contributed by atoms with van der Waals surface area (Å²) in [6.45, 7) is 10.2. The van der Waals surface area contributed by atoms with E-state index < -0.39 is 0 Å². The molecule has 2 aromatic rings. The largest absolute Gasteiger partial charge is 0.344 e. The van der Waals surface area contributed by atoms with Gasteiger partial charge in [0.25, 0.3) is 0 Å². The van der Waals surface area contributed by atoms with E-state index in [2.05, 4.69) is 36.8 Å². The topological polar surface area (TPSA) is 24.4 Å². The second kappa shape index (κ2) is 6.20. The van der Waals surface area contributed by atoms with E-state index in [1.54, 1.807) is 0 Å². The van der Waals surface area contributed by atoms with Gasteiger partial charge >= 0.3 is 0 Å². The van der Waals surface area contributed by atoms with Gasteiger partial charge in [-0.15, -0.1) is 0 Å². The first kappa shape index (κ1) is 14.1. The number of aliphatic imine (C=N–C) groups is 1. The lowest BCUT2D eigenvalue weighted by Crippen LogP contribution is -2.17. The van der Waals surface area contributed by atoms with Crippen LogP contribution in [-0.2, 0) is 0 Å². The van der Waals surface area contributed by atoms with Gasteiger partial charge in [0.05, 0.1) is 5.69 Å². The molecule has 0 amide bonds. The molecular weight excluding hydrogens is 244 g/mol. The van der Waals surface area contributed by atoms with Crippen LogP contribution in [0, 0.1) is 13.8 Å². The van der Waals surface area contributed by atoms with Crippen molar-refractivity contribution in [2.75, 3.05) is 0 Å². The first-order valence-electron chi connectivity index (χ1n) is 6.71. The highest BCUT2D eigenvalue weighted by molar-refractivity contribution is 5.90. The van der Waals surface area contributed by atoms with Gasteiger partial charge in [0.1, 0.15) is 5.84 Å². The Bertz CT molecular complexity index is 640. The molecule has 2 aromatic carbocycles. The number of nitrogens with one attached hydrogen (secondary N) is 1. The van der Waals surface area contributed by atoms with Crippen molar-refractivity contribution in [1.82, 2.24) is 5.32 Å². The number of rotatable bonds is 3. The Morgan fingerprint density at radius 1 is 1.00 bits per heavy atom. The Hall–Kier alpha value is -2.35. The third-order valence-electron chi connectivity index (χ3n) is 3.32. The Morgan fingerprint density at radius 2 is 1.70 bits per heavy atom. The number of nitrogens with zero attached hydrogens (tertiary/aromatic N) is 1. The van der Waals surface area contributed by atoms with Gasteiger partial charge in [-0.05, 0) is 43.5 Å². The van der Waals surface area contributed by atoms with Crippen LogP contribution in [0.1, 0.15) is 23.6 Å². The van der Waals surface area contributed by atoms with Crippen LogP contribution in [0.25, 0.3) is 5.70 Å². The molecule has 1 N–H and O–H groups in total. The Labute approximate surface area is 120 Å². The number of benzene rings is 2. The van der Waals surface area contributed by atoms with E-state index in [0.29, 0.717) is 0 Å². The molecule has 0 radical (unpaired) electrons. The van der Waals surface area contributed by atoms with Crippen LogP contribution in [0.2, 0.25) is 0 Å². The second-order valence-electron chi connectivity index (χ2n) is 4.89. The average molecular weight is 264 g/mol. The summed E-state index contributed by atoms with van der Waals surface area (Å²) in [5.74, 6) is 0.840. The van der Waals surface area contributed by atoms with Crippen LogP contribution in [0.5, 0.6) is 0 Å². The molecule has 0 aromatic heterocycles. The monoisotopic (exact) mass is 264 g/mol. The van der Waals surface area contributed by atoms with E-state index in [1.165, 1.54) is 11.1 Å². The normalized spacial score (nSPS) is 11.2. The van der Waals surface area contributed by atoms with Crippen LogP contribution in [0.15, 0.2) is 60.1 Å². The van der Waals surface area contributed by atoms with E-state index in [1.807, 2.05) is 49.4 Å². The maximum atomic E-state index is 4.63. The van der Waals surface area contributed by atoms with E-state index >= 15 is 0 Å². The van der Waals surface area contributed by atoms with E-state index in [-0.39, 0.29) is 0 Å². The van der Waals surface area contributed by atoms with Gasteiger partial charge < -0.3 is 5.32 Å².